The summed E-state index contributed by atoms with van der Waals surface area (Å²) in [5, 5.41) is 0. The van der Waals surface area contributed by atoms with Gasteiger partial charge in [-0.25, -0.2) is 4.98 Å². The van der Waals surface area contributed by atoms with Gasteiger partial charge in [-0.2, -0.15) is 0 Å². The smallest absolute Gasteiger partial charge is 0.194 e. The van der Waals surface area contributed by atoms with Crippen LogP contribution in [-0.4, -0.2) is 34.8 Å². The maximum atomic E-state index is 6.37. The second-order valence-electron chi connectivity index (χ2n) is 14.6. The first-order chi connectivity index (χ1) is 23.6. The van der Waals surface area contributed by atoms with Crippen LogP contribution in [0.4, 0.5) is 0 Å². The number of hydrogen-bond donors (Lipinski definition) is 0. The Morgan fingerprint density at radius 1 is 0.646 bits per heavy atom. The molecule has 3 aromatic rings. The number of rotatable bonds is 21. The molecule has 0 amide bonds. The van der Waals surface area contributed by atoms with E-state index in [2.05, 4.69) is 68.8 Å². The number of unbranched alkanes of at least 4 members (excludes halogenated alkanes) is 14. The zero-order chi connectivity index (χ0) is 33.6. The van der Waals surface area contributed by atoms with Crippen LogP contribution >= 0.6 is 11.3 Å². The average Bonchev–Trinajstić information content (AvgIpc) is 3.69. The molecule has 268 valence electrons. The van der Waals surface area contributed by atoms with Crippen LogP contribution in [0.2, 0.25) is 0 Å². The van der Waals surface area contributed by atoms with Crippen molar-refractivity contribution in [3.63, 3.8) is 0 Å². The molecule has 0 radical (unpaired) electrons. The van der Waals surface area contributed by atoms with Crippen molar-refractivity contribution in [3.05, 3.63) is 47.1 Å². The lowest BCUT2D eigenvalue weighted by Gasteiger charge is -2.35. The maximum absolute atomic E-state index is 6.37. The predicted octanol–water partition coefficient (Wildman–Crippen LogP) is 12.2. The normalized spacial score (nSPS) is 24.8. The molecule has 0 N–H and O–H groups in total. The Morgan fingerprint density at radius 2 is 1.15 bits per heavy atom. The van der Waals surface area contributed by atoms with Gasteiger partial charge >= 0.3 is 0 Å². The SMILES string of the molecule is CCCCCCCCCCC1COC(c2ccc(-c3cn4cc(C5OCC(CCCCCCCCCC)C(C)O5)sc4n3)cc2)OC1C. The van der Waals surface area contributed by atoms with Gasteiger partial charge in [-0.05, 0) is 26.7 Å². The second-order valence-corrected chi connectivity index (χ2v) is 15.7. The van der Waals surface area contributed by atoms with Crippen molar-refractivity contribution in [1.82, 2.24) is 9.38 Å². The first-order valence-corrected chi connectivity index (χ1v) is 20.5. The molecule has 6 atom stereocenters. The maximum Gasteiger partial charge on any atom is 0.194 e. The third kappa shape index (κ3) is 11.1. The Hall–Kier alpha value is -1.77. The van der Waals surface area contributed by atoms with E-state index in [1.54, 1.807) is 11.3 Å². The molecule has 0 saturated carbocycles. The molecule has 2 aliphatic heterocycles. The predicted molar refractivity (Wildman–Crippen MR) is 198 cm³/mol. The molecule has 7 heteroatoms. The minimum Gasteiger partial charge on any atom is -0.348 e. The number of hydrogen-bond acceptors (Lipinski definition) is 6. The van der Waals surface area contributed by atoms with Gasteiger partial charge in [0, 0.05) is 35.4 Å². The van der Waals surface area contributed by atoms with Gasteiger partial charge in [0.15, 0.2) is 17.5 Å². The Balaban J connectivity index is 1.03. The lowest BCUT2D eigenvalue weighted by molar-refractivity contribution is -0.237. The lowest BCUT2D eigenvalue weighted by atomic mass is 9.95. The zero-order valence-corrected chi connectivity index (χ0v) is 31.3. The Labute approximate surface area is 295 Å². The van der Waals surface area contributed by atoms with Gasteiger partial charge in [0.25, 0.3) is 0 Å². The van der Waals surface area contributed by atoms with E-state index in [-0.39, 0.29) is 24.8 Å². The highest BCUT2D eigenvalue weighted by Crippen LogP contribution is 2.37. The molecule has 2 saturated heterocycles. The van der Waals surface area contributed by atoms with Crippen LogP contribution in [0.1, 0.15) is 166 Å². The van der Waals surface area contributed by atoms with Crippen molar-refractivity contribution in [3.8, 4) is 11.3 Å². The van der Waals surface area contributed by atoms with Crippen molar-refractivity contribution in [2.45, 2.75) is 168 Å². The highest BCUT2D eigenvalue weighted by Gasteiger charge is 2.31. The van der Waals surface area contributed by atoms with E-state index in [0.29, 0.717) is 11.8 Å². The van der Waals surface area contributed by atoms with E-state index in [0.717, 1.165) is 39.9 Å². The summed E-state index contributed by atoms with van der Waals surface area (Å²) in [5.74, 6) is 0.964. The van der Waals surface area contributed by atoms with E-state index in [1.165, 1.54) is 116 Å². The molecule has 4 heterocycles. The molecule has 48 heavy (non-hydrogen) atoms. The molecule has 2 aromatic heterocycles. The quantitative estimate of drug-likeness (QED) is 0.105. The van der Waals surface area contributed by atoms with E-state index in [4.69, 9.17) is 23.9 Å². The largest absolute Gasteiger partial charge is 0.348 e. The molecule has 5 rings (SSSR count). The van der Waals surface area contributed by atoms with Crippen LogP contribution in [0.3, 0.4) is 0 Å². The zero-order valence-electron chi connectivity index (χ0n) is 30.5. The summed E-state index contributed by atoms with van der Waals surface area (Å²) in [6, 6.07) is 8.52. The van der Waals surface area contributed by atoms with Gasteiger partial charge in [0.1, 0.15) is 0 Å². The van der Waals surface area contributed by atoms with Crippen LogP contribution in [0.15, 0.2) is 36.7 Å². The van der Waals surface area contributed by atoms with Crippen LogP contribution in [0, 0.1) is 11.8 Å². The summed E-state index contributed by atoms with van der Waals surface area (Å²) in [4.78, 5) is 6.99. The molecule has 0 aliphatic carbocycles. The number of fused-ring (bicyclic) bond motifs is 1. The summed E-state index contributed by atoms with van der Waals surface area (Å²) in [6.45, 7) is 10.5. The van der Waals surface area contributed by atoms with E-state index in [1.807, 2.05) is 0 Å². The van der Waals surface area contributed by atoms with Crippen molar-refractivity contribution in [1.29, 1.82) is 0 Å². The van der Waals surface area contributed by atoms with E-state index >= 15 is 0 Å². The number of nitrogens with zero attached hydrogens (tertiary/aromatic N) is 2. The van der Waals surface area contributed by atoms with Crippen LogP contribution in [0.5, 0.6) is 0 Å². The van der Waals surface area contributed by atoms with Gasteiger partial charge < -0.3 is 18.9 Å². The van der Waals surface area contributed by atoms with Crippen LogP contribution < -0.4 is 0 Å². The van der Waals surface area contributed by atoms with Gasteiger partial charge in [-0.15, -0.1) is 0 Å². The Kier molecular flexibility index (Phi) is 15.8. The van der Waals surface area contributed by atoms with Gasteiger partial charge in [0.2, 0.25) is 0 Å². The molecular formula is C41H64N2O4S. The van der Waals surface area contributed by atoms with Crippen molar-refractivity contribution < 1.29 is 18.9 Å². The molecule has 2 aliphatic rings. The molecule has 2 fully saturated rings. The molecule has 6 unspecified atom stereocenters. The minimum atomic E-state index is -0.304. The van der Waals surface area contributed by atoms with E-state index in [9.17, 15) is 0 Å². The second kappa shape index (κ2) is 20.2. The number of aromatic nitrogens is 2. The molecule has 0 spiro atoms. The Morgan fingerprint density at radius 3 is 1.67 bits per heavy atom. The highest BCUT2D eigenvalue weighted by atomic mass is 32.1. The summed E-state index contributed by atoms with van der Waals surface area (Å²) >= 11 is 1.65. The van der Waals surface area contributed by atoms with Crippen molar-refractivity contribution in [2.75, 3.05) is 13.2 Å². The molecule has 6 nitrogen and oxygen atoms in total. The van der Waals surface area contributed by atoms with Crippen LogP contribution in [-0.2, 0) is 18.9 Å². The Bertz CT molecular complexity index is 1270. The first kappa shape index (κ1) is 37.5. The van der Waals surface area contributed by atoms with Crippen molar-refractivity contribution >= 4 is 16.3 Å². The van der Waals surface area contributed by atoms with Crippen LogP contribution in [0.25, 0.3) is 16.2 Å². The number of ether oxygens (including phenoxy) is 4. The summed E-state index contributed by atoms with van der Waals surface area (Å²) in [5.41, 5.74) is 3.13. The average molecular weight is 681 g/mol. The summed E-state index contributed by atoms with van der Waals surface area (Å²) < 4.78 is 27.3. The fourth-order valence-corrected chi connectivity index (χ4v) is 8.25. The topological polar surface area (TPSA) is 54.2 Å². The third-order valence-electron chi connectivity index (χ3n) is 10.7. The summed E-state index contributed by atoms with van der Waals surface area (Å²) in [7, 11) is 0. The van der Waals surface area contributed by atoms with Gasteiger partial charge in [-0.1, -0.05) is 152 Å². The monoisotopic (exact) mass is 680 g/mol. The molecule has 0 bridgehead atoms. The van der Waals surface area contributed by atoms with Crippen molar-refractivity contribution in [2.24, 2.45) is 11.8 Å². The highest BCUT2D eigenvalue weighted by molar-refractivity contribution is 7.17. The molecular weight excluding hydrogens is 617 g/mol. The number of imidazole rings is 1. The number of benzene rings is 1. The molecule has 1 aromatic carbocycles. The summed E-state index contributed by atoms with van der Waals surface area (Å²) in [6.07, 6.45) is 28.1. The lowest BCUT2D eigenvalue weighted by Crippen LogP contribution is -2.34. The fraction of sp³-hybridized carbons (Fsp3) is 0.732. The fourth-order valence-electron chi connectivity index (χ4n) is 7.30. The third-order valence-corrected chi connectivity index (χ3v) is 11.7. The van der Waals surface area contributed by atoms with Gasteiger partial charge in [-0.3, -0.25) is 4.40 Å². The van der Waals surface area contributed by atoms with Gasteiger partial charge in [0.05, 0.1) is 36.0 Å². The van der Waals surface area contributed by atoms with E-state index < -0.39 is 0 Å². The number of thiazole rings is 1. The first-order valence-electron chi connectivity index (χ1n) is 19.7. The minimum absolute atomic E-state index is 0.206. The standard InChI is InChI=1S/C41H64N2O4S/c1-5-7-9-11-13-15-17-19-21-35-29-44-39(46-31(35)3)34-25-23-33(24-26-34)37-27-43-28-38(48-41(43)42-37)40-45-30-36(32(4)47-40)22-20-18-16-14-12-10-8-6-2/h23-28,31-32,35-36,39-40H,5-22,29-30H2,1-4H3.